The van der Waals surface area contributed by atoms with Crippen molar-refractivity contribution < 1.29 is 4.79 Å². The summed E-state index contributed by atoms with van der Waals surface area (Å²) in [6.45, 7) is 6.30. The van der Waals surface area contributed by atoms with Crippen molar-refractivity contribution in [3.8, 4) is 0 Å². The van der Waals surface area contributed by atoms with Gasteiger partial charge in [-0.15, -0.1) is 0 Å². The Labute approximate surface area is 119 Å². The Hall–Kier alpha value is -2.10. The predicted molar refractivity (Wildman–Crippen MR) is 80.6 cm³/mol. The van der Waals surface area contributed by atoms with Crippen LogP contribution >= 0.6 is 0 Å². The molecule has 0 radical (unpaired) electrons. The highest BCUT2D eigenvalue weighted by molar-refractivity contribution is 5.94. The number of amides is 1. The van der Waals surface area contributed by atoms with Gasteiger partial charge < -0.3 is 4.98 Å². The van der Waals surface area contributed by atoms with E-state index in [0.29, 0.717) is 11.9 Å². The molecule has 0 aliphatic rings. The van der Waals surface area contributed by atoms with E-state index in [9.17, 15) is 4.79 Å². The second-order valence-corrected chi connectivity index (χ2v) is 5.49. The maximum atomic E-state index is 12.1. The summed E-state index contributed by atoms with van der Waals surface area (Å²) < 4.78 is 0. The van der Waals surface area contributed by atoms with Gasteiger partial charge in [-0.1, -0.05) is 38.1 Å². The fourth-order valence-corrected chi connectivity index (χ4v) is 2.12. The van der Waals surface area contributed by atoms with Crippen molar-refractivity contribution in [2.75, 3.05) is 5.32 Å². The van der Waals surface area contributed by atoms with E-state index in [-0.39, 0.29) is 11.8 Å². The summed E-state index contributed by atoms with van der Waals surface area (Å²) in [6.07, 6.45) is 4.36. The van der Waals surface area contributed by atoms with Gasteiger partial charge in [0.2, 0.25) is 11.9 Å². The van der Waals surface area contributed by atoms with Crippen LogP contribution in [0.2, 0.25) is 0 Å². The number of nitrogens with zero attached hydrogens (tertiary/aromatic N) is 1. The topological polar surface area (TPSA) is 57.8 Å². The van der Waals surface area contributed by atoms with Gasteiger partial charge in [0.25, 0.3) is 0 Å². The molecule has 1 amide bonds. The molecule has 20 heavy (non-hydrogen) atoms. The van der Waals surface area contributed by atoms with Crippen LogP contribution in [0.4, 0.5) is 5.95 Å². The Morgan fingerprint density at radius 2 is 1.95 bits per heavy atom. The van der Waals surface area contributed by atoms with Gasteiger partial charge in [0, 0.05) is 12.4 Å². The first-order valence-electron chi connectivity index (χ1n) is 6.95. The number of nitrogens with one attached hydrogen (secondary N) is 2. The second kappa shape index (κ2) is 6.37. The molecule has 2 aromatic rings. The van der Waals surface area contributed by atoms with Gasteiger partial charge in [-0.05, 0) is 30.4 Å². The maximum absolute atomic E-state index is 12.1. The first-order valence-corrected chi connectivity index (χ1v) is 6.95. The van der Waals surface area contributed by atoms with E-state index in [2.05, 4.69) is 41.3 Å². The molecule has 106 valence electrons. The highest BCUT2D eigenvalue weighted by Gasteiger charge is 2.16. The second-order valence-electron chi connectivity index (χ2n) is 5.49. The van der Waals surface area contributed by atoms with Gasteiger partial charge in [-0.25, -0.2) is 4.98 Å². The Balaban J connectivity index is 2.01. The Morgan fingerprint density at radius 3 is 2.50 bits per heavy atom. The van der Waals surface area contributed by atoms with E-state index in [1.165, 1.54) is 5.56 Å². The lowest BCUT2D eigenvalue weighted by Gasteiger charge is -2.12. The minimum absolute atomic E-state index is 0.0587. The molecule has 0 saturated heterocycles. The largest absolute Gasteiger partial charge is 0.331 e. The van der Waals surface area contributed by atoms with E-state index in [1.807, 2.05) is 19.1 Å². The summed E-state index contributed by atoms with van der Waals surface area (Å²) in [5, 5.41) is 2.76. The van der Waals surface area contributed by atoms with Crippen LogP contribution in [0.25, 0.3) is 0 Å². The highest BCUT2D eigenvalue weighted by Crippen LogP contribution is 2.18. The lowest BCUT2D eigenvalue weighted by molar-refractivity contribution is -0.117. The smallest absolute Gasteiger partial charge is 0.233 e. The zero-order valence-electron chi connectivity index (χ0n) is 12.2. The normalized spacial score (nSPS) is 12.4. The van der Waals surface area contributed by atoms with Crippen LogP contribution in [-0.4, -0.2) is 15.9 Å². The molecule has 2 N–H and O–H groups in total. The lowest BCUT2D eigenvalue weighted by Crippen LogP contribution is -2.19. The molecule has 1 atom stereocenters. The number of anilines is 1. The van der Waals surface area contributed by atoms with Crippen LogP contribution in [0.3, 0.4) is 0 Å². The molecule has 0 fully saturated rings. The van der Waals surface area contributed by atoms with Crippen molar-refractivity contribution in [1.29, 1.82) is 0 Å². The lowest BCUT2D eigenvalue weighted by atomic mass is 9.96. The van der Waals surface area contributed by atoms with Crippen LogP contribution in [0.1, 0.15) is 37.8 Å². The van der Waals surface area contributed by atoms with Crippen molar-refractivity contribution in [1.82, 2.24) is 9.97 Å². The van der Waals surface area contributed by atoms with E-state index < -0.39 is 0 Å². The summed E-state index contributed by atoms with van der Waals surface area (Å²) in [5.41, 5.74) is 2.32. The third kappa shape index (κ3) is 3.70. The monoisotopic (exact) mass is 271 g/mol. The number of imidazole rings is 1. The zero-order chi connectivity index (χ0) is 14.5. The molecule has 4 nitrogen and oxygen atoms in total. The highest BCUT2D eigenvalue weighted by atomic mass is 16.2. The summed E-state index contributed by atoms with van der Waals surface area (Å²) in [7, 11) is 0. The SMILES string of the molecule is CC(C)Cc1ccc(C(C)C(=O)Nc2ncc[nH]2)cc1. The van der Waals surface area contributed by atoms with Crippen LogP contribution in [0.15, 0.2) is 36.7 Å². The molecule has 2 rings (SSSR count). The van der Waals surface area contributed by atoms with Gasteiger partial charge in [0.05, 0.1) is 5.92 Å². The Morgan fingerprint density at radius 1 is 1.25 bits per heavy atom. The summed E-state index contributed by atoms with van der Waals surface area (Å²) in [4.78, 5) is 19.0. The quantitative estimate of drug-likeness (QED) is 0.876. The Kier molecular flexibility index (Phi) is 4.56. The van der Waals surface area contributed by atoms with Crippen LogP contribution < -0.4 is 5.32 Å². The maximum Gasteiger partial charge on any atom is 0.233 e. The van der Waals surface area contributed by atoms with Crippen molar-refractivity contribution in [2.45, 2.75) is 33.1 Å². The third-order valence-corrected chi connectivity index (χ3v) is 3.26. The molecule has 4 heteroatoms. The number of benzene rings is 1. The molecule has 1 unspecified atom stereocenters. The standard InChI is InChI=1S/C16H21N3O/c1-11(2)10-13-4-6-14(7-5-13)12(3)15(20)19-16-17-8-9-18-16/h4-9,11-12H,10H2,1-3H3,(H2,17,18,19,20). The van der Waals surface area contributed by atoms with Crippen molar-refractivity contribution >= 4 is 11.9 Å². The van der Waals surface area contributed by atoms with Crippen LogP contribution in [0, 0.1) is 5.92 Å². The van der Waals surface area contributed by atoms with Gasteiger partial charge in [0.1, 0.15) is 0 Å². The van der Waals surface area contributed by atoms with Crippen LogP contribution in [-0.2, 0) is 11.2 Å². The number of H-pyrrole nitrogens is 1. The fraction of sp³-hybridized carbons (Fsp3) is 0.375. The van der Waals surface area contributed by atoms with Crippen molar-refractivity contribution in [2.24, 2.45) is 5.92 Å². The number of aromatic amines is 1. The third-order valence-electron chi connectivity index (χ3n) is 3.26. The molecule has 0 aliphatic carbocycles. The molecule has 0 saturated carbocycles. The summed E-state index contributed by atoms with van der Waals surface area (Å²) >= 11 is 0. The minimum Gasteiger partial charge on any atom is -0.331 e. The first-order chi connectivity index (χ1) is 9.56. The van der Waals surface area contributed by atoms with Gasteiger partial charge in [0.15, 0.2) is 0 Å². The average molecular weight is 271 g/mol. The molecule has 0 aliphatic heterocycles. The number of carbonyl (C=O) groups excluding carboxylic acids is 1. The van der Waals surface area contributed by atoms with Gasteiger partial charge >= 0.3 is 0 Å². The van der Waals surface area contributed by atoms with Crippen molar-refractivity contribution in [3.05, 3.63) is 47.8 Å². The van der Waals surface area contributed by atoms with Gasteiger partial charge in [-0.3, -0.25) is 10.1 Å². The fourth-order valence-electron chi connectivity index (χ4n) is 2.12. The molecule has 1 aromatic carbocycles. The molecular formula is C16H21N3O. The number of rotatable bonds is 5. The first kappa shape index (κ1) is 14.3. The Bertz CT molecular complexity index is 544. The molecule has 1 aromatic heterocycles. The average Bonchev–Trinajstić information content (AvgIpc) is 2.91. The van der Waals surface area contributed by atoms with E-state index in [4.69, 9.17) is 0 Å². The summed E-state index contributed by atoms with van der Waals surface area (Å²) in [6, 6.07) is 8.27. The number of carbonyl (C=O) groups is 1. The molecule has 1 heterocycles. The minimum atomic E-state index is -0.201. The number of hydrogen-bond acceptors (Lipinski definition) is 2. The molecule has 0 spiro atoms. The number of hydrogen-bond donors (Lipinski definition) is 2. The van der Waals surface area contributed by atoms with Gasteiger partial charge in [-0.2, -0.15) is 0 Å². The van der Waals surface area contributed by atoms with Crippen LogP contribution in [0.5, 0.6) is 0 Å². The molecule has 0 bridgehead atoms. The number of aromatic nitrogens is 2. The molecular weight excluding hydrogens is 250 g/mol. The zero-order valence-corrected chi connectivity index (χ0v) is 12.2. The van der Waals surface area contributed by atoms with E-state index in [0.717, 1.165) is 12.0 Å². The van der Waals surface area contributed by atoms with Crippen molar-refractivity contribution in [3.63, 3.8) is 0 Å². The predicted octanol–water partition coefficient (Wildman–Crippen LogP) is 3.35. The van der Waals surface area contributed by atoms with E-state index in [1.54, 1.807) is 12.4 Å². The van der Waals surface area contributed by atoms with E-state index >= 15 is 0 Å². The summed E-state index contributed by atoms with van der Waals surface area (Å²) in [5.74, 6) is 0.864.